The van der Waals surface area contributed by atoms with Gasteiger partial charge in [-0.25, -0.2) is 12.8 Å². The van der Waals surface area contributed by atoms with Gasteiger partial charge in [-0.1, -0.05) is 12.1 Å². The maximum absolute atomic E-state index is 14.0. The molecular formula is C23H24FN5O4S. The average molecular weight is 486 g/mol. The van der Waals surface area contributed by atoms with Crippen LogP contribution in [0.25, 0.3) is 11.4 Å². The molecule has 2 heterocycles. The Morgan fingerprint density at radius 1 is 1.03 bits per heavy atom. The lowest BCUT2D eigenvalue weighted by molar-refractivity contribution is -0.131. The van der Waals surface area contributed by atoms with E-state index in [1.807, 2.05) is 4.90 Å². The third kappa shape index (κ3) is 5.30. The van der Waals surface area contributed by atoms with Crippen LogP contribution in [0.5, 0.6) is 0 Å². The van der Waals surface area contributed by atoms with Gasteiger partial charge >= 0.3 is 0 Å². The van der Waals surface area contributed by atoms with Crippen molar-refractivity contribution in [2.75, 3.05) is 37.3 Å². The number of aryl methyl sites for hydroxylation is 1. The van der Waals surface area contributed by atoms with Crippen LogP contribution in [-0.4, -0.2) is 66.8 Å². The highest BCUT2D eigenvalue weighted by Gasteiger charge is 2.23. The number of sulfone groups is 1. The number of nitrogens with one attached hydrogen (secondary N) is 1. The molecule has 178 valence electrons. The summed E-state index contributed by atoms with van der Waals surface area (Å²) in [5.74, 6) is -0.172. The zero-order valence-electron chi connectivity index (χ0n) is 18.6. The van der Waals surface area contributed by atoms with Gasteiger partial charge in [-0.05, 0) is 36.4 Å². The summed E-state index contributed by atoms with van der Waals surface area (Å²) in [6, 6.07) is 12.5. The molecule has 3 aromatic rings. The Morgan fingerprint density at radius 3 is 2.32 bits per heavy atom. The Labute approximate surface area is 196 Å². The number of hydrogen-bond donors (Lipinski definition) is 1. The van der Waals surface area contributed by atoms with Crippen LogP contribution >= 0.6 is 0 Å². The number of amides is 1. The van der Waals surface area contributed by atoms with Gasteiger partial charge < -0.3 is 14.8 Å². The Hall–Kier alpha value is -3.60. The van der Waals surface area contributed by atoms with Crippen LogP contribution in [0.2, 0.25) is 0 Å². The number of piperazine rings is 1. The van der Waals surface area contributed by atoms with Crippen molar-refractivity contribution in [3.8, 4) is 11.4 Å². The molecule has 0 saturated carbocycles. The number of benzene rings is 2. The fourth-order valence-corrected chi connectivity index (χ4v) is 4.43. The number of aromatic nitrogens is 3. The summed E-state index contributed by atoms with van der Waals surface area (Å²) >= 11 is 0. The van der Waals surface area contributed by atoms with Crippen LogP contribution < -0.4 is 10.5 Å². The van der Waals surface area contributed by atoms with Gasteiger partial charge in [0.05, 0.1) is 10.6 Å². The number of carbonyl (C=O) groups excluding carboxylic acids is 1. The normalized spacial score (nSPS) is 14.3. The molecule has 1 amide bonds. The SMILES string of the molecule is CS(=O)(=O)c1ccc(-c2nnc(CCC(=O)N3CCN(c4ccccc4F)CC3)c(=O)[nH]2)cc1. The van der Waals surface area contributed by atoms with Crippen molar-refractivity contribution >= 4 is 21.4 Å². The molecular weight excluding hydrogens is 461 g/mol. The number of aromatic amines is 1. The summed E-state index contributed by atoms with van der Waals surface area (Å²) in [5.41, 5.74) is 0.749. The van der Waals surface area contributed by atoms with Gasteiger partial charge in [-0.2, -0.15) is 0 Å². The monoisotopic (exact) mass is 485 g/mol. The molecule has 0 bridgehead atoms. The number of H-pyrrole nitrogens is 1. The lowest BCUT2D eigenvalue weighted by Gasteiger charge is -2.36. The third-order valence-corrected chi connectivity index (χ3v) is 6.85. The van der Waals surface area contributed by atoms with E-state index in [0.29, 0.717) is 37.4 Å². The van der Waals surface area contributed by atoms with E-state index in [9.17, 15) is 22.4 Å². The third-order valence-electron chi connectivity index (χ3n) is 5.72. The Morgan fingerprint density at radius 2 is 1.71 bits per heavy atom. The van der Waals surface area contributed by atoms with Crippen LogP contribution in [-0.2, 0) is 21.1 Å². The highest BCUT2D eigenvalue weighted by molar-refractivity contribution is 7.90. The highest BCUT2D eigenvalue weighted by Crippen LogP contribution is 2.20. The van der Waals surface area contributed by atoms with Crippen LogP contribution in [0.4, 0.5) is 10.1 Å². The standard InChI is InChI=1S/C23H24FN5O4S/c1-34(32,33)17-8-6-16(7-9-17)22-25-23(31)19(26-27-22)10-11-21(30)29-14-12-28(13-15-29)20-5-3-2-4-18(20)24/h2-9H,10-15H2,1H3,(H,25,27,31). The number of para-hydroxylation sites is 1. The minimum Gasteiger partial charge on any atom is -0.366 e. The van der Waals surface area contributed by atoms with Crippen molar-refractivity contribution in [2.24, 2.45) is 0 Å². The molecule has 1 aromatic heterocycles. The van der Waals surface area contributed by atoms with E-state index < -0.39 is 15.4 Å². The predicted molar refractivity (Wildman–Crippen MR) is 125 cm³/mol. The van der Waals surface area contributed by atoms with Crippen molar-refractivity contribution in [3.63, 3.8) is 0 Å². The lowest BCUT2D eigenvalue weighted by atomic mass is 10.2. The first kappa shape index (κ1) is 23.6. The van der Waals surface area contributed by atoms with E-state index in [0.717, 1.165) is 6.26 Å². The molecule has 11 heteroatoms. The van der Waals surface area contributed by atoms with Gasteiger partial charge in [-0.15, -0.1) is 10.2 Å². The van der Waals surface area contributed by atoms with Gasteiger partial charge in [0.25, 0.3) is 5.56 Å². The van der Waals surface area contributed by atoms with Gasteiger partial charge in [0.1, 0.15) is 11.5 Å². The van der Waals surface area contributed by atoms with Crippen LogP contribution in [0.1, 0.15) is 12.1 Å². The average Bonchev–Trinajstić information content (AvgIpc) is 2.83. The van der Waals surface area contributed by atoms with E-state index in [1.54, 1.807) is 35.2 Å². The molecule has 0 atom stereocenters. The van der Waals surface area contributed by atoms with E-state index in [4.69, 9.17) is 0 Å². The zero-order valence-corrected chi connectivity index (χ0v) is 19.4. The zero-order chi connectivity index (χ0) is 24.3. The molecule has 0 spiro atoms. The largest absolute Gasteiger partial charge is 0.366 e. The van der Waals surface area contributed by atoms with Crippen molar-refractivity contribution in [1.82, 2.24) is 20.1 Å². The fourth-order valence-electron chi connectivity index (χ4n) is 3.80. The Balaban J connectivity index is 1.34. The summed E-state index contributed by atoms with van der Waals surface area (Å²) in [7, 11) is -3.32. The van der Waals surface area contributed by atoms with Gasteiger partial charge in [0.2, 0.25) is 5.91 Å². The summed E-state index contributed by atoms with van der Waals surface area (Å²) in [4.78, 5) is 31.5. The quantitative estimate of drug-likeness (QED) is 0.564. The fraction of sp³-hybridized carbons (Fsp3) is 0.304. The molecule has 1 N–H and O–H groups in total. The molecule has 0 radical (unpaired) electrons. The highest BCUT2D eigenvalue weighted by atomic mass is 32.2. The molecule has 1 saturated heterocycles. The van der Waals surface area contributed by atoms with Gasteiger partial charge in [0.15, 0.2) is 15.7 Å². The molecule has 9 nitrogen and oxygen atoms in total. The second-order valence-electron chi connectivity index (χ2n) is 8.07. The second kappa shape index (κ2) is 9.72. The van der Waals surface area contributed by atoms with Crippen LogP contribution in [0, 0.1) is 5.82 Å². The van der Waals surface area contributed by atoms with E-state index >= 15 is 0 Å². The number of carbonyl (C=O) groups is 1. The molecule has 1 aliphatic rings. The molecule has 1 aliphatic heterocycles. The van der Waals surface area contributed by atoms with Crippen molar-refractivity contribution in [3.05, 3.63) is 70.4 Å². The Bertz CT molecular complexity index is 1350. The number of halogens is 1. The number of anilines is 1. The lowest BCUT2D eigenvalue weighted by Crippen LogP contribution is -2.49. The van der Waals surface area contributed by atoms with E-state index in [1.165, 1.54) is 18.2 Å². The topological polar surface area (TPSA) is 116 Å². The maximum Gasteiger partial charge on any atom is 0.273 e. The smallest absolute Gasteiger partial charge is 0.273 e. The first-order valence-electron chi connectivity index (χ1n) is 10.8. The van der Waals surface area contributed by atoms with Crippen LogP contribution in [0.3, 0.4) is 0 Å². The Kier molecular flexibility index (Phi) is 6.73. The van der Waals surface area contributed by atoms with Crippen LogP contribution in [0.15, 0.2) is 58.2 Å². The summed E-state index contributed by atoms with van der Waals surface area (Å²) in [6.07, 6.45) is 1.37. The van der Waals surface area contributed by atoms with E-state index in [2.05, 4.69) is 15.2 Å². The van der Waals surface area contributed by atoms with Gasteiger partial charge in [-0.3, -0.25) is 9.59 Å². The molecule has 0 aliphatic carbocycles. The molecule has 1 fully saturated rings. The first-order valence-corrected chi connectivity index (χ1v) is 12.6. The first-order chi connectivity index (χ1) is 16.2. The van der Waals surface area contributed by atoms with Crippen molar-refractivity contribution < 1.29 is 17.6 Å². The molecule has 0 unspecified atom stereocenters. The number of hydrogen-bond acceptors (Lipinski definition) is 7. The van der Waals surface area contributed by atoms with Gasteiger partial charge in [0, 0.05) is 50.8 Å². The summed E-state index contributed by atoms with van der Waals surface area (Å²) in [6.45, 7) is 2.00. The van der Waals surface area contributed by atoms with Crippen molar-refractivity contribution in [1.29, 1.82) is 0 Å². The minimum absolute atomic E-state index is 0.102. The second-order valence-corrected chi connectivity index (χ2v) is 10.1. The predicted octanol–water partition coefficient (Wildman–Crippen LogP) is 1.66. The minimum atomic E-state index is -3.32. The van der Waals surface area contributed by atoms with E-state index in [-0.39, 0.29) is 41.0 Å². The molecule has 34 heavy (non-hydrogen) atoms. The molecule has 4 rings (SSSR count). The summed E-state index contributed by atoms with van der Waals surface area (Å²) in [5, 5.41) is 7.99. The maximum atomic E-state index is 14.0. The summed E-state index contributed by atoms with van der Waals surface area (Å²) < 4.78 is 37.1. The number of rotatable bonds is 6. The van der Waals surface area contributed by atoms with Crippen molar-refractivity contribution in [2.45, 2.75) is 17.7 Å². The molecule has 2 aromatic carbocycles. The number of nitrogens with zero attached hydrogens (tertiary/aromatic N) is 4.